The average molecular weight is 255 g/mol. The summed E-state index contributed by atoms with van der Waals surface area (Å²) >= 11 is 0. The van der Waals surface area contributed by atoms with Crippen LogP contribution in [0.5, 0.6) is 0 Å². The van der Waals surface area contributed by atoms with E-state index in [-0.39, 0.29) is 5.92 Å². The molecule has 3 heteroatoms. The van der Waals surface area contributed by atoms with E-state index >= 15 is 0 Å². The molecule has 0 fully saturated rings. The number of nitrogens with two attached hydrogens (primary N) is 1. The molecule has 1 amide bonds. The van der Waals surface area contributed by atoms with Crippen molar-refractivity contribution in [2.75, 3.05) is 6.61 Å². The fourth-order valence-corrected chi connectivity index (χ4v) is 1.94. The van der Waals surface area contributed by atoms with E-state index in [1.807, 2.05) is 25.1 Å². The van der Waals surface area contributed by atoms with Crippen molar-refractivity contribution in [1.29, 1.82) is 0 Å². The molecule has 1 atom stereocenters. The maximum atomic E-state index is 10.6. The standard InChI is InChI=1S/C16H17NO2/c1-12(11-19-16(17)18)13-7-9-15(10-8-13)14-5-3-2-4-6-14/h2-10,12H,11H2,1H3,(H2,17,18). The van der Waals surface area contributed by atoms with E-state index in [1.165, 1.54) is 11.1 Å². The minimum Gasteiger partial charge on any atom is -0.449 e. The third kappa shape index (κ3) is 3.58. The van der Waals surface area contributed by atoms with Crippen LogP contribution in [0.2, 0.25) is 0 Å². The number of benzene rings is 2. The van der Waals surface area contributed by atoms with Gasteiger partial charge in [-0.05, 0) is 16.7 Å². The van der Waals surface area contributed by atoms with Crippen LogP contribution in [0, 0.1) is 0 Å². The Morgan fingerprint density at radius 2 is 1.63 bits per heavy atom. The van der Waals surface area contributed by atoms with E-state index in [4.69, 9.17) is 10.5 Å². The normalized spacial score (nSPS) is 11.8. The van der Waals surface area contributed by atoms with Crippen LogP contribution >= 0.6 is 0 Å². The van der Waals surface area contributed by atoms with Crippen molar-refractivity contribution in [3.05, 3.63) is 60.2 Å². The number of primary amides is 1. The minimum absolute atomic E-state index is 0.136. The van der Waals surface area contributed by atoms with Crippen LogP contribution in [0.15, 0.2) is 54.6 Å². The van der Waals surface area contributed by atoms with Gasteiger partial charge in [0.15, 0.2) is 0 Å². The Kier molecular flexibility index (Phi) is 4.18. The zero-order valence-electron chi connectivity index (χ0n) is 10.9. The Morgan fingerprint density at radius 1 is 1.05 bits per heavy atom. The number of carbonyl (C=O) groups is 1. The zero-order chi connectivity index (χ0) is 13.7. The highest BCUT2D eigenvalue weighted by molar-refractivity contribution is 5.65. The summed E-state index contributed by atoms with van der Waals surface area (Å²) in [6.07, 6.45) is -0.729. The van der Waals surface area contributed by atoms with Crippen molar-refractivity contribution < 1.29 is 9.53 Å². The number of amides is 1. The molecule has 0 heterocycles. The Hall–Kier alpha value is -2.29. The number of rotatable bonds is 4. The molecule has 0 bridgehead atoms. The Morgan fingerprint density at radius 3 is 2.21 bits per heavy atom. The first-order valence-corrected chi connectivity index (χ1v) is 6.24. The summed E-state index contributed by atoms with van der Waals surface area (Å²) in [5.41, 5.74) is 8.45. The second-order valence-electron chi connectivity index (χ2n) is 4.52. The fraction of sp³-hybridized carbons (Fsp3) is 0.188. The molecule has 19 heavy (non-hydrogen) atoms. The molecule has 0 spiro atoms. The maximum Gasteiger partial charge on any atom is 0.404 e. The first kappa shape index (κ1) is 13.1. The summed E-state index contributed by atoms with van der Waals surface area (Å²) in [6.45, 7) is 2.31. The van der Waals surface area contributed by atoms with E-state index in [1.54, 1.807) is 0 Å². The number of ether oxygens (including phenoxy) is 1. The van der Waals surface area contributed by atoms with E-state index < -0.39 is 6.09 Å². The first-order valence-electron chi connectivity index (χ1n) is 6.24. The smallest absolute Gasteiger partial charge is 0.404 e. The van der Waals surface area contributed by atoms with Gasteiger partial charge in [-0.15, -0.1) is 0 Å². The monoisotopic (exact) mass is 255 g/mol. The van der Waals surface area contributed by atoms with E-state index in [0.29, 0.717) is 6.61 Å². The molecular weight excluding hydrogens is 238 g/mol. The molecule has 2 aromatic rings. The summed E-state index contributed by atoms with van der Waals surface area (Å²) in [7, 11) is 0. The van der Waals surface area contributed by atoms with E-state index in [2.05, 4.69) is 36.4 Å². The van der Waals surface area contributed by atoms with Crippen molar-refractivity contribution in [1.82, 2.24) is 0 Å². The average Bonchev–Trinajstić information content (AvgIpc) is 2.46. The summed E-state index contributed by atoms with van der Waals surface area (Å²) in [5.74, 6) is 0.136. The van der Waals surface area contributed by atoms with Gasteiger partial charge >= 0.3 is 6.09 Å². The molecule has 98 valence electrons. The molecule has 0 saturated heterocycles. The van der Waals surface area contributed by atoms with Crippen LogP contribution in [0.4, 0.5) is 4.79 Å². The number of carbonyl (C=O) groups excluding carboxylic acids is 1. The maximum absolute atomic E-state index is 10.6. The van der Waals surface area contributed by atoms with Crippen LogP contribution in [0.1, 0.15) is 18.4 Å². The summed E-state index contributed by atoms with van der Waals surface area (Å²) in [6, 6.07) is 18.5. The van der Waals surface area contributed by atoms with Crippen LogP contribution in [0.25, 0.3) is 11.1 Å². The highest BCUT2D eigenvalue weighted by Crippen LogP contribution is 2.22. The first-order chi connectivity index (χ1) is 9.16. The predicted octanol–water partition coefficient (Wildman–Crippen LogP) is 3.55. The lowest BCUT2D eigenvalue weighted by atomic mass is 9.98. The molecule has 0 aliphatic heterocycles. The van der Waals surface area contributed by atoms with Gasteiger partial charge in [0.1, 0.15) is 0 Å². The Bertz CT molecular complexity index is 534. The number of hydrogen-bond donors (Lipinski definition) is 1. The van der Waals surface area contributed by atoms with Gasteiger partial charge in [-0.25, -0.2) is 4.79 Å². The third-order valence-electron chi connectivity index (χ3n) is 3.06. The second kappa shape index (κ2) is 6.05. The van der Waals surface area contributed by atoms with Crippen LogP contribution in [-0.4, -0.2) is 12.7 Å². The predicted molar refractivity (Wildman–Crippen MR) is 75.8 cm³/mol. The van der Waals surface area contributed by atoms with E-state index in [9.17, 15) is 4.79 Å². The molecule has 2 rings (SSSR count). The zero-order valence-corrected chi connectivity index (χ0v) is 10.9. The lowest BCUT2D eigenvalue weighted by molar-refractivity contribution is 0.151. The summed E-state index contributed by atoms with van der Waals surface area (Å²) in [5, 5.41) is 0. The SMILES string of the molecule is CC(COC(N)=O)c1ccc(-c2ccccc2)cc1. The molecule has 0 radical (unpaired) electrons. The van der Waals surface area contributed by atoms with Crippen molar-refractivity contribution in [2.24, 2.45) is 5.73 Å². The quantitative estimate of drug-likeness (QED) is 0.908. The van der Waals surface area contributed by atoms with Gasteiger partial charge in [0.2, 0.25) is 0 Å². The van der Waals surface area contributed by atoms with Gasteiger partial charge < -0.3 is 10.5 Å². The molecule has 0 aromatic heterocycles. The molecule has 0 aliphatic rings. The van der Waals surface area contributed by atoms with Crippen molar-refractivity contribution in [3.63, 3.8) is 0 Å². The van der Waals surface area contributed by atoms with Crippen LogP contribution in [0.3, 0.4) is 0 Å². The lowest BCUT2D eigenvalue weighted by Gasteiger charge is -2.12. The Balaban J connectivity index is 2.08. The Labute approximate surface area is 113 Å². The topological polar surface area (TPSA) is 52.3 Å². The molecule has 2 N–H and O–H groups in total. The highest BCUT2D eigenvalue weighted by atomic mass is 16.5. The third-order valence-corrected chi connectivity index (χ3v) is 3.06. The molecular formula is C16H17NO2. The van der Waals surface area contributed by atoms with Gasteiger partial charge in [0.05, 0.1) is 6.61 Å². The van der Waals surface area contributed by atoms with Gasteiger partial charge in [-0.3, -0.25) is 0 Å². The minimum atomic E-state index is -0.729. The van der Waals surface area contributed by atoms with Gasteiger partial charge in [0.25, 0.3) is 0 Å². The fourth-order valence-electron chi connectivity index (χ4n) is 1.94. The highest BCUT2D eigenvalue weighted by Gasteiger charge is 2.07. The van der Waals surface area contributed by atoms with Gasteiger partial charge in [0, 0.05) is 5.92 Å². The van der Waals surface area contributed by atoms with Gasteiger partial charge in [-0.1, -0.05) is 61.5 Å². The van der Waals surface area contributed by atoms with Crippen LogP contribution in [-0.2, 0) is 4.74 Å². The lowest BCUT2D eigenvalue weighted by Crippen LogP contribution is -2.16. The van der Waals surface area contributed by atoms with Gasteiger partial charge in [-0.2, -0.15) is 0 Å². The molecule has 2 aromatic carbocycles. The van der Waals surface area contributed by atoms with Crippen molar-refractivity contribution >= 4 is 6.09 Å². The van der Waals surface area contributed by atoms with E-state index in [0.717, 1.165) is 5.56 Å². The molecule has 0 aliphatic carbocycles. The molecule has 0 saturated carbocycles. The second-order valence-corrected chi connectivity index (χ2v) is 4.52. The number of hydrogen-bond acceptors (Lipinski definition) is 2. The van der Waals surface area contributed by atoms with Crippen molar-refractivity contribution in [3.8, 4) is 11.1 Å². The summed E-state index contributed by atoms with van der Waals surface area (Å²) in [4.78, 5) is 10.6. The van der Waals surface area contributed by atoms with Crippen molar-refractivity contribution in [2.45, 2.75) is 12.8 Å². The molecule has 3 nitrogen and oxygen atoms in total. The molecule has 1 unspecified atom stereocenters. The largest absolute Gasteiger partial charge is 0.449 e. The van der Waals surface area contributed by atoms with Crippen LogP contribution < -0.4 is 5.73 Å². The summed E-state index contributed by atoms with van der Waals surface area (Å²) < 4.78 is 4.81.